The van der Waals surface area contributed by atoms with Crippen LogP contribution in [0.3, 0.4) is 0 Å². The zero-order chi connectivity index (χ0) is 20.7. The number of anilines is 1. The summed E-state index contributed by atoms with van der Waals surface area (Å²) in [6.07, 6.45) is 0.692. The minimum Gasteiger partial charge on any atom is -0.330 e. The van der Waals surface area contributed by atoms with E-state index >= 15 is 0 Å². The first-order valence-corrected chi connectivity index (χ1v) is 9.50. The molecule has 2 aliphatic rings. The number of nitrogens with one attached hydrogen (secondary N) is 2. The number of benzene rings is 1. The topological polar surface area (TPSA) is 70.1 Å². The normalized spacial score (nSPS) is 27.3. The van der Waals surface area contributed by atoms with E-state index in [1.54, 1.807) is 0 Å². The number of aromatic nitrogens is 2. The lowest BCUT2D eigenvalue weighted by molar-refractivity contribution is -0.144. The molecular formula is C20H22F3N5O. The second kappa shape index (κ2) is 6.98. The Kier molecular flexibility index (Phi) is 4.72. The number of alkyl halides is 3. The molecule has 1 saturated heterocycles. The van der Waals surface area contributed by atoms with Crippen molar-refractivity contribution in [1.29, 1.82) is 0 Å². The second-order valence-electron chi connectivity index (χ2n) is 7.76. The highest BCUT2D eigenvalue weighted by Gasteiger charge is 2.49. The molecule has 2 fully saturated rings. The maximum Gasteiger partial charge on any atom is 0.451 e. The number of hydrogen-bond donors (Lipinski definition) is 2. The van der Waals surface area contributed by atoms with Crippen LogP contribution < -0.4 is 15.5 Å². The average Bonchev–Trinajstić information content (AvgIpc) is 3.05. The molecule has 1 spiro atoms. The van der Waals surface area contributed by atoms with Crippen LogP contribution in [0.4, 0.5) is 23.7 Å². The van der Waals surface area contributed by atoms with Crippen molar-refractivity contribution >= 4 is 11.7 Å². The second-order valence-corrected chi connectivity index (χ2v) is 7.76. The Morgan fingerprint density at radius 3 is 2.24 bits per heavy atom. The van der Waals surface area contributed by atoms with Crippen molar-refractivity contribution in [3.63, 3.8) is 0 Å². The van der Waals surface area contributed by atoms with Gasteiger partial charge in [0.15, 0.2) is 0 Å². The summed E-state index contributed by atoms with van der Waals surface area (Å²) in [7, 11) is 1.95. The van der Waals surface area contributed by atoms with Crippen LogP contribution in [0.2, 0.25) is 0 Å². The quantitative estimate of drug-likeness (QED) is 0.821. The lowest BCUT2D eigenvalue weighted by atomic mass is 9.69. The highest BCUT2D eigenvalue weighted by atomic mass is 19.4. The van der Waals surface area contributed by atoms with Crippen molar-refractivity contribution in [2.45, 2.75) is 42.9 Å². The summed E-state index contributed by atoms with van der Waals surface area (Å²) < 4.78 is 38.0. The Labute approximate surface area is 166 Å². The molecule has 6 nitrogen and oxygen atoms in total. The van der Waals surface area contributed by atoms with Gasteiger partial charge in [0.2, 0.25) is 5.82 Å². The molecular weight excluding hydrogens is 383 g/mol. The third-order valence-corrected chi connectivity index (χ3v) is 6.15. The van der Waals surface area contributed by atoms with E-state index in [9.17, 15) is 18.0 Å². The Morgan fingerprint density at radius 2 is 1.69 bits per heavy atom. The molecule has 4 rings (SSSR count). The smallest absolute Gasteiger partial charge is 0.330 e. The minimum atomic E-state index is -4.61. The Hall–Kier alpha value is -2.68. The maximum absolute atomic E-state index is 12.7. The molecule has 1 saturated carbocycles. The lowest BCUT2D eigenvalue weighted by Crippen LogP contribution is -2.53. The molecule has 1 aromatic heterocycles. The van der Waals surface area contributed by atoms with Crippen molar-refractivity contribution in [3.8, 4) is 0 Å². The van der Waals surface area contributed by atoms with E-state index in [-0.39, 0.29) is 17.3 Å². The number of urea groups is 1. The third-order valence-electron chi connectivity index (χ3n) is 6.15. The zero-order valence-electron chi connectivity index (χ0n) is 16.0. The van der Waals surface area contributed by atoms with Crippen molar-refractivity contribution in [3.05, 3.63) is 54.1 Å². The Balaban J connectivity index is 1.50. The number of halogens is 3. The van der Waals surface area contributed by atoms with Gasteiger partial charge in [-0.1, -0.05) is 30.3 Å². The van der Waals surface area contributed by atoms with Gasteiger partial charge in [0, 0.05) is 5.54 Å². The van der Waals surface area contributed by atoms with Crippen LogP contribution in [0.5, 0.6) is 0 Å². The molecule has 154 valence electrons. The molecule has 0 unspecified atom stereocenters. The SMILES string of the molecule is CN[C@]1(c2ccccc2)CC[C@]2(CC1)CN(c1cnc(C(F)(F)F)nc1)C(=O)N2. The fourth-order valence-corrected chi connectivity index (χ4v) is 4.40. The van der Waals surface area contributed by atoms with Gasteiger partial charge in [0.1, 0.15) is 0 Å². The van der Waals surface area contributed by atoms with Gasteiger partial charge in [0.05, 0.1) is 30.2 Å². The van der Waals surface area contributed by atoms with E-state index in [0.29, 0.717) is 6.54 Å². The number of carbonyl (C=O) groups excluding carboxylic acids is 1. The monoisotopic (exact) mass is 405 g/mol. The van der Waals surface area contributed by atoms with E-state index < -0.39 is 17.5 Å². The van der Waals surface area contributed by atoms with Gasteiger partial charge in [-0.3, -0.25) is 4.90 Å². The van der Waals surface area contributed by atoms with Gasteiger partial charge in [-0.2, -0.15) is 13.2 Å². The first kappa shape index (κ1) is 19.6. The first-order valence-electron chi connectivity index (χ1n) is 9.50. The summed E-state index contributed by atoms with van der Waals surface area (Å²) >= 11 is 0. The summed E-state index contributed by atoms with van der Waals surface area (Å²) in [6.45, 7) is 0.384. The molecule has 1 aliphatic carbocycles. The van der Waals surface area contributed by atoms with Crippen LogP contribution in [0.25, 0.3) is 0 Å². The molecule has 2 aromatic rings. The van der Waals surface area contributed by atoms with Gasteiger partial charge >= 0.3 is 12.2 Å². The summed E-state index contributed by atoms with van der Waals surface area (Å²) in [6, 6.07) is 9.90. The summed E-state index contributed by atoms with van der Waals surface area (Å²) in [5.74, 6) is -1.21. The largest absolute Gasteiger partial charge is 0.451 e. The summed E-state index contributed by atoms with van der Waals surface area (Å²) in [4.78, 5) is 20.7. The van der Waals surface area contributed by atoms with Gasteiger partial charge in [-0.25, -0.2) is 14.8 Å². The molecule has 1 aliphatic heterocycles. The Bertz CT molecular complexity index is 877. The molecule has 1 aromatic carbocycles. The predicted molar refractivity (Wildman–Crippen MR) is 101 cm³/mol. The summed E-state index contributed by atoms with van der Waals surface area (Å²) in [5.41, 5.74) is 0.924. The standard InChI is InChI=1S/C20H22F3N5O/c1-24-19(14-5-3-2-4-6-14)9-7-18(8-10-19)13-28(17(29)27-18)15-11-25-16(26-12-15)20(21,22)23/h2-6,11-12,24H,7-10,13H2,1H3,(H,27,29)/t18-,19+. The molecule has 0 radical (unpaired) electrons. The van der Waals surface area contributed by atoms with Crippen molar-refractivity contribution < 1.29 is 18.0 Å². The van der Waals surface area contributed by atoms with E-state index in [2.05, 4.69) is 32.7 Å². The molecule has 29 heavy (non-hydrogen) atoms. The number of rotatable bonds is 3. The number of hydrogen-bond acceptors (Lipinski definition) is 4. The van der Waals surface area contributed by atoms with E-state index in [1.165, 1.54) is 10.5 Å². The average molecular weight is 405 g/mol. The molecule has 2 amide bonds. The fourth-order valence-electron chi connectivity index (χ4n) is 4.40. The zero-order valence-corrected chi connectivity index (χ0v) is 16.0. The van der Waals surface area contributed by atoms with E-state index in [4.69, 9.17) is 0 Å². The number of amides is 2. The molecule has 2 N–H and O–H groups in total. The highest BCUT2D eigenvalue weighted by molar-refractivity contribution is 5.95. The van der Waals surface area contributed by atoms with Crippen LogP contribution in [0, 0.1) is 0 Å². The molecule has 0 atom stereocenters. The summed E-state index contributed by atoms with van der Waals surface area (Å²) in [5, 5.41) is 6.52. The minimum absolute atomic E-state index is 0.151. The molecule has 9 heteroatoms. The van der Waals surface area contributed by atoms with Crippen LogP contribution in [-0.2, 0) is 11.7 Å². The van der Waals surface area contributed by atoms with Crippen LogP contribution in [0.1, 0.15) is 37.1 Å². The van der Waals surface area contributed by atoms with Gasteiger partial charge in [-0.05, 0) is 38.3 Å². The maximum atomic E-state index is 12.7. The Morgan fingerprint density at radius 1 is 1.07 bits per heavy atom. The van der Waals surface area contributed by atoms with E-state index in [1.807, 2.05) is 25.2 Å². The fraction of sp³-hybridized carbons (Fsp3) is 0.450. The van der Waals surface area contributed by atoms with Gasteiger partial charge in [-0.15, -0.1) is 0 Å². The predicted octanol–water partition coefficient (Wildman–Crippen LogP) is 3.45. The van der Waals surface area contributed by atoms with Gasteiger partial charge in [0.25, 0.3) is 0 Å². The molecule has 0 bridgehead atoms. The highest BCUT2D eigenvalue weighted by Crippen LogP contribution is 2.43. The van der Waals surface area contributed by atoms with Crippen molar-refractivity contribution in [2.75, 3.05) is 18.5 Å². The first-order chi connectivity index (χ1) is 13.8. The van der Waals surface area contributed by atoms with Crippen LogP contribution >= 0.6 is 0 Å². The molecule has 2 heterocycles. The van der Waals surface area contributed by atoms with E-state index in [0.717, 1.165) is 38.1 Å². The number of carbonyl (C=O) groups is 1. The third kappa shape index (κ3) is 3.55. The lowest BCUT2D eigenvalue weighted by Gasteiger charge is -2.45. The van der Waals surface area contributed by atoms with Crippen LogP contribution in [-0.4, -0.2) is 35.1 Å². The van der Waals surface area contributed by atoms with Crippen LogP contribution in [0.15, 0.2) is 42.7 Å². The number of nitrogens with zero attached hydrogens (tertiary/aromatic N) is 3. The van der Waals surface area contributed by atoms with Gasteiger partial charge < -0.3 is 10.6 Å². The van der Waals surface area contributed by atoms with Crippen molar-refractivity contribution in [1.82, 2.24) is 20.6 Å². The van der Waals surface area contributed by atoms with Crippen molar-refractivity contribution in [2.24, 2.45) is 0 Å².